The molecule has 1 aliphatic rings. The summed E-state index contributed by atoms with van der Waals surface area (Å²) in [6.45, 7) is 1.91. The summed E-state index contributed by atoms with van der Waals surface area (Å²) in [5.74, 6) is 0.991. The predicted octanol–water partition coefficient (Wildman–Crippen LogP) is 2.68. The van der Waals surface area contributed by atoms with Crippen molar-refractivity contribution in [2.45, 2.75) is 12.8 Å². The van der Waals surface area contributed by atoms with Crippen LogP contribution in [0.3, 0.4) is 0 Å². The van der Waals surface area contributed by atoms with E-state index < -0.39 is 0 Å². The normalized spacial score (nSPS) is 15.4. The molecule has 0 spiro atoms. The second-order valence-electron chi connectivity index (χ2n) is 4.16. The molecule has 1 aliphatic heterocycles. The van der Waals surface area contributed by atoms with Crippen LogP contribution in [0.2, 0.25) is 5.02 Å². The topological polar surface area (TPSA) is 38.1 Å². The van der Waals surface area contributed by atoms with Crippen LogP contribution in [-0.4, -0.2) is 18.2 Å². The van der Waals surface area contributed by atoms with Gasteiger partial charge < -0.3 is 9.84 Å². The van der Waals surface area contributed by atoms with E-state index in [9.17, 15) is 0 Å². The molecule has 4 heteroatoms. The summed E-state index contributed by atoms with van der Waals surface area (Å²) in [7, 11) is 0. The average molecular weight is 249 g/mol. The zero-order valence-electron chi connectivity index (χ0n) is 9.37. The molecule has 0 aliphatic carbocycles. The minimum Gasteiger partial charge on any atom is -0.360 e. The van der Waals surface area contributed by atoms with Crippen molar-refractivity contribution in [3.63, 3.8) is 0 Å². The Morgan fingerprint density at radius 1 is 1.18 bits per heavy atom. The quantitative estimate of drug-likeness (QED) is 0.843. The van der Waals surface area contributed by atoms with Crippen molar-refractivity contribution in [2.24, 2.45) is 0 Å². The van der Waals surface area contributed by atoms with Crippen LogP contribution in [0.5, 0.6) is 0 Å². The first-order valence-electron chi connectivity index (χ1n) is 5.79. The van der Waals surface area contributed by atoms with E-state index >= 15 is 0 Å². The summed E-state index contributed by atoms with van der Waals surface area (Å²) in [4.78, 5) is 0. The summed E-state index contributed by atoms with van der Waals surface area (Å²) in [6, 6.07) is 7.76. The summed E-state index contributed by atoms with van der Waals surface area (Å²) >= 11 is 6.20. The lowest BCUT2D eigenvalue weighted by Crippen LogP contribution is -2.16. The zero-order chi connectivity index (χ0) is 11.7. The minimum absolute atomic E-state index is 0.723. The molecule has 17 heavy (non-hydrogen) atoms. The maximum Gasteiger partial charge on any atom is 0.141 e. The Labute approximate surface area is 105 Å². The van der Waals surface area contributed by atoms with Gasteiger partial charge in [-0.2, -0.15) is 0 Å². The molecular weight excluding hydrogens is 236 g/mol. The van der Waals surface area contributed by atoms with E-state index in [1.807, 2.05) is 24.3 Å². The third-order valence-electron chi connectivity index (χ3n) is 3.08. The smallest absolute Gasteiger partial charge is 0.141 e. The predicted molar refractivity (Wildman–Crippen MR) is 67.2 cm³/mol. The fourth-order valence-electron chi connectivity index (χ4n) is 2.20. The lowest BCUT2D eigenvalue weighted by Gasteiger charge is -2.02. The van der Waals surface area contributed by atoms with Crippen molar-refractivity contribution in [1.29, 1.82) is 0 Å². The van der Waals surface area contributed by atoms with Crippen molar-refractivity contribution in [3.05, 3.63) is 40.6 Å². The van der Waals surface area contributed by atoms with Gasteiger partial charge in [0.1, 0.15) is 11.5 Å². The molecule has 2 aromatic rings. The maximum atomic E-state index is 6.20. The molecule has 0 unspecified atom stereocenters. The molecule has 1 aromatic carbocycles. The molecule has 1 aromatic heterocycles. The van der Waals surface area contributed by atoms with Crippen molar-refractivity contribution in [1.82, 2.24) is 10.5 Å². The van der Waals surface area contributed by atoms with Crippen LogP contribution >= 0.6 is 11.6 Å². The fraction of sp³-hybridized carbons (Fsp3) is 0.308. The number of halogens is 1. The van der Waals surface area contributed by atoms with Crippen LogP contribution in [-0.2, 0) is 12.8 Å². The van der Waals surface area contributed by atoms with Gasteiger partial charge in [0.05, 0.1) is 5.02 Å². The number of fused-ring (bicyclic) bond motifs is 1. The molecule has 0 radical (unpaired) electrons. The second-order valence-corrected chi connectivity index (χ2v) is 4.57. The van der Waals surface area contributed by atoms with Gasteiger partial charge in [-0.1, -0.05) is 35.0 Å². The van der Waals surface area contributed by atoms with Gasteiger partial charge in [-0.25, -0.2) is 0 Å². The summed E-state index contributed by atoms with van der Waals surface area (Å²) < 4.78 is 5.43. The van der Waals surface area contributed by atoms with Crippen molar-refractivity contribution in [3.8, 4) is 11.3 Å². The molecular formula is C13H13ClN2O. The Morgan fingerprint density at radius 3 is 2.88 bits per heavy atom. The van der Waals surface area contributed by atoms with Gasteiger partial charge in [0, 0.05) is 24.1 Å². The van der Waals surface area contributed by atoms with Gasteiger partial charge in [0.15, 0.2) is 0 Å². The van der Waals surface area contributed by atoms with Crippen molar-refractivity contribution < 1.29 is 4.52 Å². The minimum atomic E-state index is 0.723. The first-order valence-corrected chi connectivity index (χ1v) is 6.17. The summed E-state index contributed by atoms with van der Waals surface area (Å²) in [5.41, 5.74) is 3.05. The van der Waals surface area contributed by atoms with Gasteiger partial charge in [0.2, 0.25) is 0 Å². The first-order chi connectivity index (χ1) is 8.36. The van der Waals surface area contributed by atoms with Crippen LogP contribution in [0.15, 0.2) is 28.8 Å². The number of benzene rings is 1. The standard InChI is InChI=1S/C13H13ClN2O/c14-11-4-2-1-3-9(11)13-10-5-7-15-8-6-12(10)17-16-13/h1-4,15H,5-8H2. The Hall–Kier alpha value is -1.32. The van der Waals surface area contributed by atoms with Crippen molar-refractivity contribution in [2.75, 3.05) is 13.1 Å². The van der Waals surface area contributed by atoms with E-state index in [-0.39, 0.29) is 0 Å². The Bertz CT molecular complexity index is 536. The number of nitrogens with one attached hydrogen (secondary N) is 1. The van der Waals surface area contributed by atoms with Crippen LogP contribution in [0.1, 0.15) is 11.3 Å². The van der Waals surface area contributed by atoms with E-state index in [4.69, 9.17) is 16.1 Å². The third kappa shape index (κ3) is 1.96. The largest absolute Gasteiger partial charge is 0.360 e. The first kappa shape index (κ1) is 10.8. The average Bonchev–Trinajstić information content (AvgIpc) is 2.59. The number of nitrogens with zero attached hydrogens (tertiary/aromatic N) is 1. The Kier molecular flexibility index (Phi) is 2.87. The molecule has 0 saturated carbocycles. The molecule has 3 nitrogen and oxygen atoms in total. The van der Waals surface area contributed by atoms with Gasteiger partial charge in [0.25, 0.3) is 0 Å². The van der Waals surface area contributed by atoms with E-state index in [2.05, 4.69) is 10.5 Å². The monoisotopic (exact) mass is 248 g/mol. The highest BCUT2D eigenvalue weighted by Crippen LogP contribution is 2.31. The summed E-state index contributed by atoms with van der Waals surface area (Å²) in [5, 5.41) is 8.26. The molecule has 88 valence electrons. The van der Waals surface area contributed by atoms with Gasteiger partial charge in [-0.3, -0.25) is 0 Å². The zero-order valence-corrected chi connectivity index (χ0v) is 10.1. The maximum absolute atomic E-state index is 6.20. The van der Waals surface area contributed by atoms with E-state index in [0.717, 1.165) is 48.0 Å². The van der Waals surface area contributed by atoms with E-state index in [0.29, 0.717) is 0 Å². The molecule has 0 atom stereocenters. The highest BCUT2D eigenvalue weighted by Gasteiger charge is 2.20. The van der Waals surface area contributed by atoms with Crippen LogP contribution in [0.4, 0.5) is 0 Å². The number of aromatic nitrogens is 1. The molecule has 0 saturated heterocycles. The molecule has 1 N–H and O–H groups in total. The van der Waals surface area contributed by atoms with Crippen LogP contribution in [0.25, 0.3) is 11.3 Å². The van der Waals surface area contributed by atoms with E-state index in [1.54, 1.807) is 0 Å². The number of hydrogen-bond donors (Lipinski definition) is 1. The summed E-state index contributed by atoms with van der Waals surface area (Å²) in [6.07, 6.45) is 1.84. The van der Waals surface area contributed by atoms with E-state index in [1.165, 1.54) is 5.56 Å². The highest BCUT2D eigenvalue weighted by molar-refractivity contribution is 6.33. The van der Waals surface area contributed by atoms with Crippen LogP contribution < -0.4 is 5.32 Å². The number of hydrogen-bond acceptors (Lipinski definition) is 3. The third-order valence-corrected chi connectivity index (χ3v) is 3.41. The molecule has 0 amide bonds. The van der Waals surface area contributed by atoms with Gasteiger partial charge in [-0.15, -0.1) is 0 Å². The fourth-order valence-corrected chi connectivity index (χ4v) is 2.43. The molecule has 0 bridgehead atoms. The molecule has 2 heterocycles. The molecule has 3 rings (SSSR count). The van der Waals surface area contributed by atoms with Gasteiger partial charge >= 0.3 is 0 Å². The Morgan fingerprint density at radius 2 is 2.00 bits per heavy atom. The lowest BCUT2D eigenvalue weighted by atomic mass is 10.0. The number of rotatable bonds is 1. The second kappa shape index (κ2) is 4.51. The highest BCUT2D eigenvalue weighted by atomic mass is 35.5. The lowest BCUT2D eigenvalue weighted by molar-refractivity contribution is 0.384. The molecule has 0 fully saturated rings. The van der Waals surface area contributed by atoms with Crippen LogP contribution in [0, 0.1) is 0 Å². The SMILES string of the molecule is Clc1ccccc1-c1noc2c1CCNCC2. The Balaban J connectivity index is 2.10. The van der Waals surface area contributed by atoms with Crippen molar-refractivity contribution >= 4 is 11.6 Å². The van der Waals surface area contributed by atoms with Gasteiger partial charge in [-0.05, 0) is 19.0 Å².